The van der Waals surface area contributed by atoms with E-state index in [-0.39, 0.29) is 24.6 Å². The normalized spacial score (nSPS) is 18.5. The summed E-state index contributed by atoms with van der Waals surface area (Å²) in [5, 5.41) is 14.8. The largest absolute Gasteiger partial charge is 0.368 e. The number of amides is 3. The number of aryl methyl sites for hydroxylation is 2. The highest BCUT2D eigenvalue weighted by Gasteiger charge is 2.36. The number of rotatable bonds is 5. The predicted octanol–water partition coefficient (Wildman–Crippen LogP) is -0.0701. The summed E-state index contributed by atoms with van der Waals surface area (Å²) in [4.78, 5) is 51.6. The molecule has 2 heterocycles. The molecule has 0 fully saturated rings. The van der Waals surface area contributed by atoms with Crippen molar-refractivity contribution >= 4 is 42.5 Å². The van der Waals surface area contributed by atoms with Crippen LogP contribution >= 0.6 is 7.60 Å². The molecule has 3 rings (SSSR count). The Morgan fingerprint density at radius 3 is 2.64 bits per heavy atom. The zero-order valence-corrected chi connectivity index (χ0v) is 16.1. The van der Waals surface area contributed by atoms with Crippen LogP contribution in [0.4, 0.5) is 16.2 Å². The Labute approximate surface area is 160 Å². The number of nitrogens with zero attached hydrogens (tertiary/aromatic N) is 3. The molecule has 1 atom stereocenters. The molecule has 0 saturated carbocycles. The van der Waals surface area contributed by atoms with Gasteiger partial charge in [0.1, 0.15) is 12.3 Å². The van der Waals surface area contributed by atoms with Gasteiger partial charge in [-0.25, -0.2) is 9.79 Å². The van der Waals surface area contributed by atoms with E-state index >= 15 is 0 Å². The second-order valence-corrected chi connectivity index (χ2v) is 8.31. The van der Waals surface area contributed by atoms with Gasteiger partial charge < -0.3 is 30.4 Å². The van der Waals surface area contributed by atoms with Crippen LogP contribution in [0.5, 0.6) is 0 Å². The maximum atomic E-state index is 12.3. The lowest BCUT2D eigenvalue weighted by atomic mass is 10.0. The molecule has 28 heavy (non-hydrogen) atoms. The number of anilines is 1. The number of benzene rings is 1. The van der Waals surface area contributed by atoms with E-state index in [9.17, 15) is 19.3 Å². The first-order valence-corrected chi connectivity index (χ1v) is 10.2. The first kappa shape index (κ1) is 20.2. The monoisotopic (exact) mass is 409 g/mol. The minimum atomic E-state index is -4.23. The van der Waals surface area contributed by atoms with Gasteiger partial charge in [-0.05, 0) is 37.1 Å². The van der Waals surface area contributed by atoms with Crippen LogP contribution in [0, 0.1) is 13.8 Å². The molecule has 0 aliphatic carbocycles. The number of hydrogen-bond donors (Lipinski definition) is 5. The molecule has 5 N–H and O–H groups in total. The highest BCUT2D eigenvalue weighted by molar-refractivity contribution is 7.51. The lowest BCUT2D eigenvalue weighted by molar-refractivity contribution is -0.119. The van der Waals surface area contributed by atoms with Crippen molar-refractivity contribution in [3.8, 4) is 0 Å². The third kappa shape index (κ3) is 4.28. The number of urea groups is 1. The molecule has 0 bridgehead atoms. The number of carbonyl (C=O) groups excluding carboxylic acids is 2. The first-order chi connectivity index (χ1) is 13.0. The van der Waals surface area contributed by atoms with E-state index in [0.29, 0.717) is 11.4 Å². The van der Waals surface area contributed by atoms with Crippen molar-refractivity contribution in [2.24, 2.45) is 9.98 Å². The molecule has 0 aromatic heterocycles. The van der Waals surface area contributed by atoms with Gasteiger partial charge in [0, 0.05) is 6.54 Å². The van der Waals surface area contributed by atoms with Crippen LogP contribution in [0.1, 0.15) is 11.1 Å². The van der Waals surface area contributed by atoms with Crippen LogP contribution in [-0.4, -0.2) is 63.9 Å². The summed E-state index contributed by atoms with van der Waals surface area (Å²) in [6.07, 6.45) is -1.85. The van der Waals surface area contributed by atoms with Crippen molar-refractivity contribution in [2.45, 2.75) is 20.1 Å². The van der Waals surface area contributed by atoms with Crippen LogP contribution in [-0.2, 0) is 9.36 Å². The smallest absolute Gasteiger partial charge is 0.345 e. The van der Waals surface area contributed by atoms with E-state index in [1.807, 2.05) is 13.8 Å². The van der Waals surface area contributed by atoms with Crippen molar-refractivity contribution < 1.29 is 29.0 Å². The summed E-state index contributed by atoms with van der Waals surface area (Å²) >= 11 is 0. The average molecular weight is 409 g/mol. The van der Waals surface area contributed by atoms with Gasteiger partial charge >= 0.3 is 13.6 Å². The van der Waals surface area contributed by atoms with Gasteiger partial charge in [0.05, 0.1) is 17.5 Å². The maximum Gasteiger partial charge on any atom is 0.345 e. The van der Waals surface area contributed by atoms with Gasteiger partial charge in [-0.3, -0.25) is 9.36 Å². The molecule has 0 spiro atoms. The van der Waals surface area contributed by atoms with E-state index in [0.717, 1.165) is 11.1 Å². The van der Waals surface area contributed by atoms with Gasteiger partial charge in [-0.2, -0.15) is 4.99 Å². The van der Waals surface area contributed by atoms with Gasteiger partial charge in [-0.1, -0.05) is 0 Å². The van der Waals surface area contributed by atoms with Crippen molar-refractivity contribution in [2.75, 3.05) is 24.2 Å². The Morgan fingerprint density at radius 1 is 1.29 bits per heavy atom. The van der Waals surface area contributed by atoms with Crippen molar-refractivity contribution in [1.82, 2.24) is 10.6 Å². The van der Waals surface area contributed by atoms with Gasteiger partial charge in [-0.15, -0.1) is 0 Å². The molecule has 2 aliphatic rings. The summed E-state index contributed by atoms with van der Waals surface area (Å²) < 4.78 is 10.9. The Balaban J connectivity index is 1.93. The zero-order valence-electron chi connectivity index (χ0n) is 15.2. The summed E-state index contributed by atoms with van der Waals surface area (Å²) in [7, 11) is -4.23. The fourth-order valence-electron chi connectivity index (χ4n) is 2.84. The maximum absolute atomic E-state index is 12.3. The molecule has 0 saturated heterocycles. The number of fused-ring (bicyclic) bond motifs is 2. The summed E-state index contributed by atoms with van der Waals surface area (Å²) in [5.41, 5.74) is 3.06. The number of nitrogens with one attached hydrogen (secondary N) is 2. The summed E-state index contributed by atoms with van der Waals surface area (Å²) in [6, 6.07) is 2.84. The average Bonchev–Trinajstić information content (AvgIpc) is 2.56. The number of carbonyl (C=O) groups is 2. The molecule has 11 nitrogen and oxygen atoms in total. The minimum Gasteiger partial charge on any atom is -0.368 e. The molecule has 0 radical (unpaired) electrons. The Kier molecular flexibility index (Phi) is 5.35. The van der Waals surface area contributed by atoms with Crippen molar-refractivity contribution in [3.63, 3.8) is 0 Å². The molecular weight excluding hydrogens is 389 g/mol. The number of aliphatic imine (C=N–C) groups is 2. The second kappa shape index (κ2) is 7.44. The molecule has 1 unspecified atom stereocenters. The van der Waals surface area contributed by atoms with E-state index in [2.05, 4.69) is 20.6 Å². The Hall–Kier alpha value is -2.59. The quantitative estimate of drug-likeness (QED) is 0.425. The van der Waals surface area contributed by atoms with Crippen LogP contribution in [0.15, 0.2) is 22.1 Å². The van der Waals surface area contributed by atoms with Gasteiger partial charge in [0.25, 0.3) is 0 Å². The highest BCUT2D eigenvalue weighted by atomic mass is 31.2. The number of aliphatic hydroxyl groups is 1. The topological polar surface area (TPSA) is 164 Å². The molecule has 2 aliphatic heterocycles. The summed E-state index contributed by atoms with van der Waals surface area (Å²) in [6.45, 7) is 3.32. The van der Waals surface area contributed by atoms with E-state index in [1.165, 1.54) is 4.90 Å². The molecule has 150 valence electrons. The fraction of sp³-hybridized carbons (Fsp3) is 0.375. The number of hydrogen-bond acceptors (Lipinski definition) is 6. The van der Waals surface area contributed by atoms with E-state index in [1.54, 1.807) is 12.1 Å². The second-order valence-electron chi connectivity index (χ2n) is 6.53. The molecule has 3 amide bonds. The van der Waals surface area contributed by atoms with Crippen molar-refractivity contribution in [1.29, 1.82) is 0 Å². The standard InChI is InChI=1S/C16H20N5O6P/c1-8-5-10-11(6-9(8)2)21(7-12(22)17-3-4-28(25,26)27)14-13(18-10)15(23)20-16(24)19-14/h5-6,15,23H,3-4,7H2,1-2H3,(H,17,22)(H,20,24)(H2,25,26,27). The summed E-state index contributed by atoms with van der Waals surface area (Å²) in [5.74, 6) is -0.473. The Morgan fingerprint density at radius 2 is 1.96 bits per heavy atom. The van der Waals surface area contributed by atoms with E-state index < -0.39 is 31.9 Å². The van der Waals surface area contributed by atoms with Crippen LogP contribution in [0.2, 0.25) is 0 Å². The highest BCUT2D eigenvalue weighted by Crippen LogP contribution is 2.36. The lowest BCUT2D eigenvalue weighted by Gasteiger charge is -2.34. The van der Waals surface area contributed by atoms with Crippen LogP contribution in [0.3, 0.4) is 0 Å². The van der Waals surface area contributed by atoms with Gasteiger partial charge in [0.15, 0.2) is 12.1 Å². The van der Waals surface area contributed by atoms with Crippen LogP contribution < -0.4 is 15.5 Å². The van der Waals surface area contributed by atoms with Crippen LogP contribution in [0.25, 0.3) is 0 Å². The lowest BCUT2D eigenvalue weighted by Crippen LogP contribution is -2.56. The molecule has 1 aromatic rings. The number of amidine groups is 1. The predicted molar refractivity (Wildman–Crippen MR) is 102 cm³/mol. The van der Waals surface area contributed by atoms with E-state index in [4.69, 9.17) is 9.79 Å². The SMILES string of the molecule is Cc1cc2c(cc1C)N(CC(=O)NCCP(=O)(O)O)C1=NC(=O)NC(O)C1=N2. The third-order valence-corrected chi connectivity index (χ3v) is 5.17. The number of aliphatic hydroxyl groups excluding tert-OH is 1. The van der Waals surface area contributed by atoms with Crippen molar-refractivity contribution in [3.05, 3.63) is 23.3 Å². The molecule has 1 aromatic carbocycles. The zero-order chi connectivity index (χ0) is 20.6. The minimum absolute atomic E-state index is 0.0529. The Bertz CT molecular complexity index is 953. The third-order valence-electron chi connectivity index (χ3n) is 4.36. The van der Waals surface area contributed by atoms with Gasteiger partial charge in [0.2, 0.25) is 5.91 Å². The fourth-order valence-corrected chi connectivity index (χ4v) is 3.24. The molecular formula is C16H20N5O6P. The first-order valence-electron chi connectivity index (χ1n) is 8.41. The molecule has 12 heteroatoms.